The molecule has 0 spiro atoms. The Morgan fingerprint density at radius 3 is 2.39 bits per heavy atom. The molecule has 2 aromatic rings. The largest absolute Gasteiger partial charge is 0.434 e. The van der Waals surface area contributed by atoms with Crippen LogP contribution in [-0.4, -0.2) is 59.7 Å². The zero-order chi connectivity index (χ0) is 33.4. The van der Waals surface area contributed by atoms with Crippen LogP contribution in [0.3, 0.4) is 0 Å². The van der Waals surface area contributed by atoms with Gasteiger partial charge in [0, 0.05) is 29.1 Å². The van der Waals surface area contributed by atoms with Gasteiger partial charge in [0.25, 0.3) is 5.91 Å². The molecule has 2 aliphatic rings. The molecule has 1 saturated heterocycles. The van der Waals surface area contributed by atoms with Crippen molar-refractivity contribution in [1.82, 2.24) is 21.3 Å². The fourth-order valence-electron chi connectivity index (χ4n) is 5.33. The zero-order valence-corrected chi connectivity index (χ0v) is 26.6. The van der Waals surface area contributed by atoms with E-state index in [-0.39, 0.29) is 41.3 Å². The van der Waals surface area contributed by atoms with Crippen LogP contribution in [0.1, 0.15) is 69.6 Å². The number of aliphatic hydroxyl groups is 1. The third kappa shape index (κ3) is 9.38. The molecule has 1 aliphatic carbocycles. The molecule has 46 heavy (non-hydrogen) atoms. The first-order valence-electron chi connectivity index (χ1n) is 15.6. The van der Waals surface area contributed by atoms with E-state index in [2.05, 4.69) is 21.3 Å². The van der Waals surface area contributed by atoms with Crippen LogP contribution in [0, 0.1) is 11.8 Å². The van der Waals surface area contributed by atoms with E-state index in [1.807, 2.05) is 13.8 Å². The van der Waals surface area contributed by atoms with Crippen LogP contribution in [0.25, 0.3) is 0 Å². The first kappa shape index (κ1) is 35.1. The Bertz CT molecular complexity index is 1380. The van der Waals surface area contributed by atoms with Crippen LogP contribution >= 0.6 is 11.6 Å². The lowest BCUT2D eigenvalue weighted by Crippen LogP contribution is -2.56. The van der Waals surface area contributed by atoms with Gasteiger partial charge in [0.1, 0.15) is 6.04 Å². The lowest BCUT2D eigenvalue weighted by molar-refractivity contribution is -0.134. The van der Waals surface area contributed by atoms with Crippen LogP contribution in [0.15, 0.2) is 54.6 Å². The second-order valence-corrected chi connectivity index (χ2v) is 12.6. The number of hydrogen-bond acceptors (Lipinski definition) is 6. The molecule has 0 radical (unpaired) electrons. The predicted molar refractivity (Wildman–Crippen MR) is 167 cm³/mol. The van der Waals surface area contributed by atoms with E-state index in [1.54, 1.807) is 6.07 Å². The molecule has 13 heteroatoms. The number of hydrogen-bond donors (Lipinski definition) is 5. The number of alkyl halides is 2. The van der Waals surface area contributed by atoms with Gasteiger partial charge in [-0.05, 0) is 55.7 Å². The Morgan fingerprint density at radius 2 is 1.78 bits per heavy atom. The van der Waals surface area contributed by atoms with Crippen LogP contribution in [0.5, 0.6) is 0 Å². The Kier molecular flexibility index (Phi) is 12.0. The minimum absolute atomic E-state index is 0.0146. The number of amides is 4. The molecule has 4 amide bonds. The van der Waals surface area contributed by atoms with E-state index in [0.29, 0.717) is 19.4 Å². The minimum Gasteiger partial charge on any atom is -0.434 e. The van der Waals surface area contributed by atoms with Gasteiger partial charge in [-0.3, -0.25) is 14.4 Å². The molecule has 1 heterocycles. The second-order valence-electron chi connectivity index (χ2n) is 12.1. The molecule has 2 fully saturated rings. The van der Waals surface area contributed by atoms with Crippen LogP contribution in [0.2, 0.25) is 5.02 Å². The highest BCUT2D eigenvalue weighted by atomic mass is 35.5. The van der Waals surface area contributed by atoms with E-state index >= 15 is 8.78 Å². The van der Waals surface area contributed by atoms with Crippen molar-refractivity contribution in [3.8, 4) is 0 Å². The number of carbonyl (C=O) groups excluding carboxylic acids is 4. The summed E-state index contributed by atoms with van der Waals surface area (Å²) in [5.41, 5.74) is -0.446. The Morgan fingerprint density at radius 1 is 1.07 bits per heavy atom. The van der Waals surface area contributed by atoms with Gasteiger partial charge < -0.3 is 31.1 Å². The van der Waals surface area contributed by atoms with Crippen molar-refractivity contribution in [2.75, 3.05) is 6.54 Å². The smallest absolute Gasteiger partial charge is 0.408 e. The molecule has 0 bridgehead atoms. The Hall–Kier alpha value is -3.77. The molecule has 2 aromatic carbocycles. The molecule has 1 saturated carbocycles. The van der Waals surface area contributed by atoms with E-state index in [9.17, 15) is 24.3 Å². The third-order valence-electron chi connectivity index (χ3n) is 8.41. The fourth-order valence-corrected chi connectivity index (χ4v) is 5.52. The number of benzene rings is 2. The molecule has 3 unspecified atom stereocenters. The molecular weight excluding hydrogens is 622 g/mol. The fraction of sp³-hybridized carbons (Fsp3) is 0.515. The molecule has 6 atom stereocenters. The van der Waals surface area contributed by atoms with Gasteiger partial charge in [0.15, 0.2) is 12.2 Å². The Labute approximate surface area is 272 Å². The highest BCUT2D eigenvalue weighted by Gasteiger charge is 2.46. The quantitative estimate of drug-likeness (QED) is 0.192. The van der Waals surface area contributed by atoms with E-state index in [4.69, 9.17) is 16.3 Å². The maximum Gasteiger partial charge on any atom is 0.408 e. The van der Waals surface area contributed by atoms with Gasteiger partial charge >= 0.3 is 12.0 Å². The van der Waals surface area contributed by atoms with Crippen molar-refractivity contribution in [2.45, 2.75) is 88.6 Å². The highest BCUT2D eigenvalue weighted by molar-refractivity contribution is 6.30. The van der Waals surface area contributed by atoms with Gasteiger partial charge in [0.2, 0.25) is 11.8 Å². The minimum atomic E-state index is -3.70. The monoisotopic (exact) mass is 662 g/mol. The maximum absolute atomic E-state index is 15.9. The summed E-state index contributed by atoms with van der Waals surface area (Å²) in [4.78, 5) is 52.0. The summed E-state index contributed by atoms with van der Waals surface area (Å²) < 4.78 is 37.2. The summed E-state index contributed by atoms with van der Waals surface area (Å²) >= 11 is 5.98. The summed E-state index contributed by atoms with van der Waals surface area (Å²) in [6, 6.07) is 10.1. The second kappa shape index (κ2) is 15.7. The number of carbonyl (C=O) groups is 4. The lowest BCUT2D eigenvalue weighted by Gasteiger charge is -2.30. The van der Waals surface area contributed by atoms with E-state index in [1.165, 1.54) is 42.5 Å². The van der Waals surface area contributed by atoms with Crippen molar-refractivity contribution < 1.29 is 37.8 Å². The number of aliphatic hydroxyl groups excluding tert-OH is 1. The predicted octanol–water partition coefficient (Wildman–Crippen LogP) is 4.35. The summed E-state index contributed by atoms with van der Waals surface area (Å²) in [7, 11) is 0. The van der Waals surface area contributed by atoms with Gasteiger partial charge in [-0.2, -0.15) is 8.78 Å². The topological polar surface area (TPSA) is 146 Å². The highest BCUT2D eigenvalue weighted by Crippen LogP contribution is 2.43. The van der Waals surface area contributed by atoms with Crippen molar-refractivity contribution in [3.63, 3.8) is 0 Å². The average molecular weight is 663 g/mol. The normalized spacial score (nSPS) is 19.6. The van der Waals surface area contributed by atoms with Gasteiger partial charge in [-0.1, -0.05) is 74.3 Å². The van der Waals surface area contributed by atoms with Crippen LogP contribution in [-0.2, 0) is 25.0 Å². The van der Waals surface area contributed by atoms with Crippen molar-refractivity contribution >= 4 is 35.4 Å². The van der Waals surface area contributed by atoms with Crippen molar-refractivity contribution in [3.05, 3.63) is 70.7 Å². The maximum atomic E-state index is 15.9. The number of halogens is 3. The number of alkyl carbamates (subject to hydrolysis) is 1. The number of rotatable bonds is 15. The summed E-state index contributed by atoms with van der Waals surface area (Å²) in [5, 5.41) is 21.5. The standard InChI is InChI=1S/C33H41ClF2N4O6/c1-3-19(2)16-26(30(43)39-25(17-21-14-15-37-29(21)42)27(41)31(44)38-24-12-13-24)40-32(45)46-28(20-8-5-4-6-9-20)33(35,36)22-10-7-11-23(34)18-22/h4-11,18-19,21,24-28,41H,3,12-17H2,1-2H3,(H,37,42)(H,38,44)(H,39,43)(H,40,45)/t19?,21-,25-,26-,27?,28?/m0/s1. The molecular formula is C33H41ClF2N4O6. The zero-order valence-electron chi connectivity index (χ0n) is 25.8. The molecule has 250 valence electrons. The molecule has 4 rings (SSSR count). The van der Waals surface area contributed by atoms with Crippen molar-refractivity contribution in [2.24, 2.45) is 11.8 Å². The number of ether oxygens (including phenoxy) is 1. The van der Waals surface area contributed by atoms with E-state index in [0.717, 1.165) is 18.9 Å². The van der Waals surface area contributed by atoms with Gasteiger partial charge in [0.05, 0.1) is 6.04 Å². The van der Waals surface area contributed by atoms with E-state index < -0.39 is 59.6 Å². The first-order valence-corrected chi connectivity index (χ1v) is 16.0. The van der Waals surface area contributed by atoms with Gasteiger partial charge in [-0.25, -0.2) is 4.79 Å². The molecule has 5 N–H and O–H groups in total. The SMILES string of the molecule is CCC(C)C[C@H](NC(=O)OC(c1ccccc1)C(F)(F)c1cccc(Cl)c1)C(=O)N[C@@H](C[C@@H]1CCNC1=O)C(O)C(=O)NC1CC1. The Balaban J connectivity index is 1.54. The number of nitrogens with one attached hydrogen (secondary N) is 4. The molecule has 10 nitrogen and oxygen atoms in total. The first-order chi connectivity index (χ1) is 21.9. The van der Waals surface area contributed by atoms with Crippen LogP contribution < -0.4 is 21.3 Å². The average Bonchev–Trinajstić information content (AvgIpc) is 3.76. The lowest BCUT2D eigenvalue weighted by atomic mass is 9.93. The summed E-state index contributed by atoms with van der Waals surface area (Å²) in [5.74, 6) is -6.01. The summed E-state index contributed by atoms with van der Waals surface area (Å²) in [6.07, 6.45) is -2.23. The third-order valence-corrected chi connectivity index (χ3v) is 8.65. The molecule has 0 aromatic heterocycles. The molecule has 1 aliphatic heterocycles. The van der Waals surface area contributed by atoms with Crippen molar-refractivity contribution in [1.29, 1.82) is 0 Å². The summed E-state index contributed by atoms with van der Waals surface area (Å²) in [6.45, 7) is 4.18. The van der Waals surface area contributed by atoms with Gasteiger partial charge in [-0.15, -0.1) is 0 Å². The van der Waals surface area contributed by atoms with Crippen LogP contribution in [0.4, 0.5) is 13.6 Å².